The van der Waals surface area contributed by atoms with Gasteiger partial charge in [0.1, 0.15) is 5.75 Å². The largest absolute Gasteiger partial charge is 0.437 e. The Morgan fingerprint density at radius 1 is 1.33 bits per heavy atom. The first-order valence-electron chi connectivity index (χ1n) is 5.40. The maximum absolute atomic E-state index is 6.07. The molecule has 1 heterocycles. The molecule has 2 aromatic rings. The molecule has 18 heavy (non-hydrogen) atoms. The monoisotopic (exact) mass is 326 g/mol. The summed E-state index contributed by atoms with van der Waals surface area (Å²) in [6.45, 7) is 1.91. The molecule has 0 saturated carbocycles. The lowest BCUT2D eigenvalue weighted by Gasteiger charge is -2.09. The van der Waals surface area contributed by atoms with Gasteiger partial charge < -0.3 is 10.5 Å². The van der Waals surface area contributed by atoms with Crippen molar-refractivity contribution in [3.8, 4) is 11.6 Å². The normalized spacial score (nSPS) is 12.2. The Morgan fingerprint density at radius 3 is 2.78 bits per heavy atom. The molecule has 94 valence electrons. The van der Waals surface area contributed by atoms with Gasteiger partial charge in [0.25, 0.3) is 0 Å². The zero-order valence-corrected chi connectivity index (χ0v) is 12.1. The third-order valence-corrected chi connectivity index (χ3v) is 3.18. The molecule has 1 aromatic heterocycles. The van der Waals surface area contributed by atoms with Gasteiger partial charge in [0.05, 0.1) is 5.02 Å². The second kappa shape index (κ2) is 5.69. The van der Waals surface area contributed by atoms with Crippen LogP contribution >= 0.6 is 27.5 Å². The minimum absolute atomic E-state index is 0.0595. The highest BCUT2D eigenvalue weighted by Crippen LogP contribution is 2.31. The van der Waals surface area contributed by atoms with Gasteiger partial charge in [-0.2, -0.15) is 0 Å². The molecule has 2 rings (SSSR count). The number of rotatable bonds is 3. The quantitative estimate of drug-likeness (QED) is 0.914. The van der Waals surface area contributed by atoms with E-state index in [-0.39, 0.29) is 6.04 Å². The molecule has 0 aliphatic carbocycles. The fourth-order valence-corrected chi connectivity index (χ4v) is 2.15. The minimum Gasteiger partial charge on any atom is -0.437 e. The van der Waals surface area contributed by atoms with E-state index < -0.39 is 0 Å². The highest BCUT2D eigenvalue weighted by atomic mass is 79.9. The van der Waals surface area contributed by atoms with Crippen LogP contribution in [0.1, 0.15) is 18.5 Å². The van der Waals surface area contributed by atoms with Crippen molar-refractivity contribution in [3.63, 3.8) is 0 Å². The fraction of sp³-hybridized carbons (Fsp3) is 0.154. The van der Waals surface area contributed by atoms with E-state index in [1.54, 1.807) is 18.3 Å². The predicted molar refractivity (Wildman–Crippen MR) is 76.1 cm³/mol. The van der Waals surface area contributed by atoms with Gasteiger partial charge in [-0.3, -0.25) is 0 Å². The molecular formula is C13H12BrClN2O. The van der Waals surface area contributed by atoms with Gasteiger partial charge in [-0.25, -0.2) is 4.98 Å². The van der Waals surface area contributed by atoms with Crippen LogP contribution in [0.25, 0.3) is 0 Å². The standard InChI is InChI=1S/C13H12BrClN2O/c1-8(16)9-4-5-17-13(6-9)18-12-3-2-10(14)7-11(12)15/h2-8H,16H2,1H3/t8-/m1/s1. The molecule has 2 N–H and O–H groups in total. The molecule has 0 saturated heterocycles. The SMILES string of the molecule is C[C@@H](N)c1ccnc(Oc2ccc(Br)cc2Cl)c1. The van der Waals surface area contributed by atoms with Crippen molar-refractivity contribution in [2.75, 3.05) is 0 Å². The summed E-state index contributed by atoms with van der Waals surface area (Å²) in [5.74, 6) is 1.04. The topological polar surface area (TPSA) is 48.1 Å². The van der Waals surface area contributed by atoms with Gasteiger partial charge in [-0.1, -0.05) is 27.5 Å². The summed E-state index contributed by atoms with van der Waals surface area (Å²) in [5.41, 5.74) is 6.78. The van der Waals surface area contributed by atoms with Crippen molar-refractivity contribution in [2.45, 2.75) is 13.0 Å². The summed E-state index contributed by atoms with van der Waals surface area (Å²) in [7, 11) is 0. The number of nitrogens with zero attached hydrogens (tertiary/aromatic N) is 1. The smallest absolute Gasteiger partial charge is 0.219 e. The molecule has 0 amide bonds. The molecular weight excluding hydrogens is 316 g/mol. The maximum Gasteiger partial charge on any atom is 0.219 e. The van der Waals surface area contributed by atoms with Crippen molar-refractivity contribution in [1.82, 2.24) is 4.98 Å². The lowest BCUT2D eigenvalue weighted by atomic mass is 10.1. The summed E-state index contributed by atoms with van der Waals surface area (Å²) < 4.78 is 6.54. The number of ether oxygens (including phenoxy) is 1. The zero-order valence-electron chi connectivity index (χ0n) is 9.73. The van der Waals surface area contributed by atoms with E-state index in [0.29, 0.717) is 16.7 Å². The van der Waals surface area contributed by atoms with E-state index in [1.165, 1.54) is 0 Å². The van der Waals surface area contributed by atoms with Crippen LogP contribution in [0, 0.1) is 0 Å². The first kappa shape index (κ1) is 13.3. The van der Waals surface area contributed by atoms with Crippen molar-refractivity contribution in [2.24, 2.45) is 5.73 Å². The molecule has 0 spiro atoms. The molecule has 0 aliphatic rings. The molecule has 0 fully saturated rings. The number of benzene rings is 1. The minimum atomic E-state index is -0.0595. The molecule has 5 heteroatoms. The second-order valence-electron chi connectivity index (χ2n) is 3.89. The lowest BCUT2D eigenvalue weighted by Crippen LogP contribution is -2.05. The van der Waals surface area contributed by atoms with Crippen LogP contribution in [0.3, 0.4) is 0 Å². The van der Waals surface area contributed by atoms with Crippen LogP contribution in [0.4, 0.5) is 0 Å². The average Bonchev–Trinajstić information content (AvgIpc) is 2.33. The maximum atomic E-state index is 6.07. The van der Waals surface area contributed by atoms with Gasteiger partial charge >= 0.3 is 0 Å². The van der Waals surface area contributed by atoms with E-state index in [1.807, 2.05) is 25.1 Å². The molecule has 0 unspecified atom stereocenters. The van der Waals surface area contributed by atoms with Crippen molar-refractivity contribution < 1.29 is 4.74 Å². The van der Waals surface area contributed by atoms with E-state index in [9.17, 15) is 0 Å². The Kier molecular flexibility index (Phi) is 4.22. The van der Waals surface area contributed by atoms with E-state index in [0.717, 1.165) is 10.0 Å². The highest BCUT2D eigenvalue weighted by Gasteiger charge is 2.06. The van der Waals surface area contributed by atoms with Gasteiger partial charge in [0, 0.05) is 22.8 Å². The molecule has 0 bridgehead atoms. The van der Waals surface area contributed by atoms with Crippen LogP contribution < -0.4 is 10.5 Å². The third-order valence-electron chi connectivity index (χ3n) is 2.39. The summed E-state index contributed by atoms with van der Waals surface area (Å²) >= 11 is 9.41. The Labute approximate surface area is 119 Å². The summed E-state index contributed by atoms with van der Waals surface area (Å²) in [5, 5.41) is 0.525. The first-order chi connectivity index (χ1) is 8.56. The number of pyridine rings is 1. The van der Waals surface area contributed by atoms with E-state index in [2.05, 4.69) is 20.9 Å². The summed E-state index contributed by atoms with van der Waals surface area (Å²) in [6.07, 6.45) is 1.67. The number of halogens is 2. The number of nitrogens with two attached hydrogens (primary N) is 1. The van der Waals surface area contributed by atoms with Crippen molar-refractivity contribution in [1.29, 1.82) is 0 Å². The van der Waals surface area contributed by atoms with Gasteiger partial charge in [0.15, 0.2) is 0 Å². The molecule has 3 nitrogen and oxygen atoms in total. The predicted octanol–water partition coefficient (Wildman–Crippen LogP) is 4.31. The second-order valence-corrected chi connectivity index (χ2v) is 5.22. The van der Waals surface area contributed by atoms with Crippen molar-refractivity contribution >= 4 is 27.5 Å². The summed E-state index contributed by atoms with van der Waals surface area (Å²) in [4.78, 5) is 4.13. The van der Waals surface area contributed by atoms with Gasteiger partial charge in [-0.15, -0.1) is 0 Å². The Hall–Kier alpha value is -1.10. The van der Waals surface area contributed by atoms with Gasteiger partial charge in [-0.05, 0) is 36.8 Å². The first-order valence-corrected chi connectivity index (χ1v) is 6.58. The lowest BCUT2D eigenvalue weighted by molar-refractivity contribution is 0.461. The number of hydrogen-bond donors (Lipinski definition) is 1. The number of hydrogen-bond acceptors (Lipinski definition) is 3. The molecule has 1 aromatic carbocycles. The molecule has 0 radical (unpaired) electrons. The van der Waals surface area contributed by atoms with Crippen LogP contribution in [-0.2, 0) is 0 Å². The van der Waals surface area contributed by atoms with Crippen LogP contribution in [-0.4, -0.2) is 4.98 Å². The van der Waals surface area contributed by atoms with Gasteiger partial charge in [0.2, 0.25) is 5.88 Å². The van der Waals surface area contributed by atoms with Crippen LogP contribution in [0.15, 0.2) is 41.0 Å². The summed E-state index contributed by atoms with van der Waals surface area (Å²) in [6, 6.07) is 9.02. The Bertz CT molecular complexity index is 560. The molecule has 0 aliphatic heterocycles. The molecule has 1 atom stereocenters. The Morgan fingerprint density at radius 2 is 2.11 bits per heavy atom. The fourth-order valence-electron chi connectivity index (χ4n) is 1.43. The van der Waals surface area contributed by atoms with Crippen LogP contribution in [0.5, 0.6) is 11.6 Å². The number of aromatic nitrogens is 1. The van der Waals surface area contributed by atoms with Crippen molar-refractivity contribution in [3.05, 3.63) is 51.6 Å². The highest BCUT2D eigenvalue weighted by molar-refractivity contribution is 9.10. The van der Waals surface area contributed by atoms with Crippen LogP contribution in [0.2, 0.25) is 5.02 Å². The Balaban J connectivity index is 2.25. The van der Waals surface area contributed by atoms with E-state index in [4.69, 9.17) is 22.1 Å². The van der Waals surface area contributed by atoms with E-state index >= 15 is 0 Å². The average molecular weight is 328 g/mol. The third kappa shape index (κ3) is 3.22. The zero-order chi connectivity index (χ0) is 13.1.